The summed E-state index contributed by atoms with van der Waals surface area (Å²) in [5.74, 6) is 1.01. The van der Waals surface area contributed by atoms with Crippen LogP contribution in [0.5, 0.6) is 11.5 Å². The Labute approximate surface area is 200 Å². The van der Waals surface area contributed by atoms with E-state index in [1.54, 1.807) is 48.5 Å². The van der Waals surface area contributed by atoms with Gasteiger partial charge >= 0.3 is 0 Å². The summed E-state index contributed by atoms with van der Waals surface area (Å²) in [5, 5.41) is 17.2. The number of nitrogens with one attached hydrogen (secondary N) is 4. The molecule has 0 bridgehead atoms. The smallest absolute Gasteiger partial charge is 0.241 e. The highest BCUT2D eigenvalue weighted by molar-refractivity contribution is 5.95. The molecule has 12 nitrogen and oxygen atoms in total. The zero-order valence-corrected chi connectivity index (χ0v) is 18.7. The molecule has 0 amide bonds. The number of ether oxygens (including phenoxy) is 2. The quantitative estimate of drug-likeness (QED) is 0.113. The lowest BCUT2D eigenvalue weighted by Gasteiger charge is -2.23. The summed E-state index contributed by atoms with van der Waals surface area (Å²) < 4.78 is 23.5. The van der Waals surface area contributed by atoms with Crippen LogP contribution in [0.1, 0.15) is 17.2 Å². The van der Waals surface area contributed by atoms with Crippen LogP contribution in [0.15, 0.2) is 71.3 Å². The maximum atomic E-state index is 12.7. The van der Waals surface area contributed by atoms with Crippen molar-refractivity contribution in [3.63, 3.8) is 0 Å². The molecule has 13 heteroatoms. The maximum absolute atomic E-state index is 12.7. The highest BCUT2D eigenvalue weighted by Crippen LogP contribution is 2.29. The molecule has 1 aromatic heterocycles. The topological polar surface area (TPSA) is 172 Å². The first kappa shape index (κ1) is 24.8. The van der Waals surface area contributed by atoms with Crippen molar-refractivity contribution in [2.75, 3.05) is 31.1 Å². The summed E-state index contributed by atoms with van der Waals surface area (Å²) in [4.78, 5) is 19.3. The van der Waals surface area contributed by atoms with E-state index in [0.717, 1.165) is 0 Å². The van der Waals surface area contributed by atoms with Crippen molar-refractivity contribution in [1.29, 1.82) is 5.41 Å². The molecule has 35 heavy (non-hydrogen) atoms. The summed E-state index contributed by atoms with van der Waals surface area (Å²) in [6, 6.07) is 12.6. The molecular weight excluding hydrogens is 457 g/mol. The summed E-state index contributed by atoms with van der Waals surface area (Å²) in [7, 11) is 1.48. The van der Waals surface area contributed by atoms with E-state index in [1.165, 1.54) is 19.5 Å². The van der Waals surface area contributed by atoms with Crippen molar-refractivity contribution in [2.45, 2.75) is 6.04 Å². The molecule has 3 aromatic rings. The largest absolute Gasteiger partial charge is 0.497 e. The van der Waals surface area contributed by atoms with Gasteiger partial charge in [-0.1, -0.05) is 5.10 Å². The number of nitrogens with two attached hydrogens (primary N) is 1. The van der Waals surface area contributed by atoms with E-state index in [4.69, 9.17) is 20.6 Å². The molecule has 1 atom stereocenters. The van der Waals surface area contributed by atoms with E-state index in [9.17, 15) is 9.30 Å². The molecule has 1 unspecified atom stereocenters. The highest BCUT2D eigenvalue weighted by Gasteiger charge is 2.22. The number of amidine groups is 2. The van der Waals surface area contributed by atoms with Crippen molar-refractivity contribution in [3.8, 4) is 11.5 Å². The minimum Gasteiger partial charge on any atom is -0.497 e. The zero-order valence-electron chi connectivity index (χ0n) is 18.7. The van der Waals surface area contributed by atoms with Crippen LogP contribution >= 0.6 is 0 Å². The van der Waals surface area contributed by atoms with Crippen LogP contribution in [0.3, 0.4) is 0 Å². The zero-order chi connectivity index (χ0) is 25.0. The Morgan fingerprint density at radius 1 is 1.17 bits per heavy atom. The number of hydrogen-bond donors (Lipinski definition) is 5. The van der Waals surface area contributed by atoms with Gasteiger partial charge in [0, 0.05) is 29.7 Å². The Bertz CT molecular complexity index is 1160. The maximum Gasteiger partial charge on any atom is 0.241 e. The van der Waals surface area contributed by atoms with Crippen molar-refractivity contribution in [3.05, 3.63) is 77.0 Å². The predicted molar refractivity (Wildman–Crippen MR) is 130 cm³/mol. The van der Waals surface area contributed by atoms with Gasteiger partial charge in [-0.2, -0.15) is 0 Å². The molecular formula is C22H24FN9O3. The van der Waals surface area contributed by atoms with Crippen molar-refractivity contribution < 1.29 is 13.9 Å². The monoisotopic (exact) mass is 481 g/mol. The lowest BCUT2D eigenvalue weighted by Crippen LogP contribution is -2.37. The number of alkyl halides is 1. The molecule has 0 aliphatic heterocycles. The van der Waals surface area contributed by atoms with Crippen LogP contribution in [-0.2, 0) is 0 Å². The fourth-order valence-electron chi connectivity index (χ4n) is 3.02. The lowest BCUT2D eigenvalue weighted by molar-refractivity contribution is 0.271. The number of halogens is 1. The number of hydrazine groups is 1. The predicted octanol–water partition coefficient (Wildman–Crippen LogP) is 2.97. The van der Waals surface area contributed by atoms with E-state index in [2.05, 4.69) is 36.5 Å². The van der Waals surface area contributed by atoms with Crippen molar-refractivity contribution in [2.24, 2.45) is 16.1 Å². The first-order valence-electron chi connectivity index (χ1n) is 10.3. The fraction of sp³-hybridized carbons (Fsp3) is 0.182. The van der Waals surface area contributed by atoms with Crippen LogP contribution in [0.2, 0.25) is 0 Å². The molecule has 0 fully saturated rings. The Morgan fingerprint density at radius 3 is 2.51 bits per heavy atom. The van der Waals surface area contributed by atoms with Gasteiger partial charge in [0.1, 0.15) is 36.7 Å². The van der Waals surface area contributed by atoms with Crippen molar-refractivity contribution in [1.82, 2.24) is 15.4 Å². The van der Waals surface area contributed by atoms with Gasteiger partial charge < -0.3 is 20.5 Å². The van der Waals surface area contributed by atoms with E-state index in [0.29, 0.717) is 28.3 Å². The number of benzene rings is 2. The number of hydrogen-bond acceptors (Lipinski definition) is 9. The Kier molecular flexibility index (Phi) is 8.82. The standard InChI is InChI=1S/C22H24FN9O3/c1-34-17-11-15(12-18(13-17)35-10-7-23)19(28-16-5-3-14(4-6-16)20(24)25)21(30-32-33)29-31-22-26-8-2-9-27-22/h2-6,8-9,11-13,19,28H,7,10H2,1H3,(H3,24,25)(H,26,27,31)(H,29,30,33). The van der Waals surface area contributed by atoms with E-state index < -0.39 is 12.7 Å². The average Bonchev–Trinajstić information content (AvgIpc) is 2.89. The fourth-order valence-corrected chi connectivity index (χ4v) is 3.02. The van der Waals surface area contributed by atoms with Gasteiger partial charge in [0.25, 0.3) is 0 Å². The Morgan fingerprint density at radius 2 is 1.89 bits per heavy atom. The van der Waals surface area contributed by atoms with E-state index >= 15 is 0 Å². The second kappa shape index (κ2) is 12.4. The van der Waals surface area contributed by atoms with E-state index in [-0.39, 0.29) is 24.2 Å². The molecule has 0 radical (unpaired) electrons. The molecule has 0 saturated carbocycles. The van der Waals surface area contributed by atoms with Crippen LogP contribution in [0.25, 0.3) is 0 Å². The second-order valence-electron chi connectivity index (χ2n) is 6.94. The van der Waals surface area contributed by atoms with Gasteiger partial charge in [0.05, 0.1) is 12.4 Å². The summed E-state index contributed by atoms with van der Waals surface area (Å²) >= 11 is 0. The Hall–Kier alpha value is -4.81. The number of rotatable bonds is 12. The van der Waals surface area contributed by atoms with E-state index in [1.807, 2.05) is 0 Å². The normalized spacial score (nSPS) is 11.8. The molecule has 0 saturated heterocycles. The number of methoxy groups -OCH3 is 1. The third kappa shape index (κ3) is 7.08. The molecule has 2 aromatic carbocycles. The van der Waals surface area contributed by atoms with Crippen LogP contribution < -0.4 is 31.4 Å². The average molecular weight is 481 g/mol. The number of anilines is 2. The first-order valence-corrected chi connectivity index (χ1v) is 10.3. The SMILES string of the molecule is COc1cc(OCCF)cc(C(Nc2ccc(C(=N)N)cc2)/C(=N/N=O)NNc2ncccn2)c1. The van der Waals surface area contributed by atoms with Gasteiger partial charge in [0.2, 0.25) is 5.95 Å². The van der Waals surface area contributed by atoms with Crippen LogP contribution in [0.4, 0.5) is 16.0 Å². The van der Waals surface area contributed by atoms with Gasteiger partial charge in [-0.15, -0.1) is 4.91 Å². The number of nitrogen functional groups attached to an aromatic ring is 1. The molecule has 6 N–H and O–H groups in total. The number of nitrogens with zero attached hydrogens (tertiary/aromatic N) is 4. The molecule has 1 heterocycles. The summed E-state index contributed by atoms with van der Waals surface area (Å²) in [6.07, 6.45) is 3.07. The van der Waals surface area contributed by atoms with Gasteiger partial charge in [0.15, 0.2) is 5.84 Å². The minimum absolute atomic E-state index is 0.0628. The van der Waals surface area contributed by atoms with Gasteiger partial charge in [-0.3, -0.25) is 16.3 Å². The highest BCUT2D eigenvalue weighted by atomic mass is 19.1. The summed E-state index contributed by atoms with van der Waals surface area (Å²) in [6.45, 7) is -0.805. The molecule has 3 rings (SSSR count). The van der Waals surface area contributed by atoms with Gasteiger partial charge in [-0.25, -0.2) is 14.4 Å². The summed E-state index contributed by atoms with van der Waals surface area (Å²) in [5.41, 5.74) is 12.8. The van der Waals surface area contributed by atoms with Gasteiger partial charge in [-0.05, 0) is 48.0 Å². The number of nitroso groups, excluding NO2 is 1. The first-order chi connectivity index (χ1) is 17.0. The third-order valence-electron chi connectivity index (χ3n) is 4.61. The third-order valence-corrected chi connectivity index (χ3v) is 4.61. The van der Waals surface area contributed by atoms with Crippen molar-refractivity contribution >= 4 is 23.3 Å². The molecule has 0 aliphatic rings. The van der Waals surface area contributed by atoms with Crippen LogP contribution in [0, 0.1) is 10.3 Å². The molecule has 0 aliphatic carbocycles. The molecule has 0 spiro atoms. The van der Waals surface area contributed by atoms with Crippen LogP contribution in [-0.4, -0.2) is 42.0 Å². The molecule has 182 valence electrons. The lowest BCUT2D eigenvalue weighted by atomic mass is 10.0. The Balaban J connectivity index is 2.00. The second-order valence-corrected chi connectivity index (χ2v) is 6.94. The minimum atomic E-state index is -0.796. The number of aromatic nitrogens is 2.